The molecule has 0 aliphatic rings. The highest BCUT2D eigenvalue weighted by Gasteiger charge is 2.07. The summed E-state index contributed by atoms with van der Waals surface area (Å²) in [4.78, 5) is 12.2. The van der Waals surface area contributed by atoms with E-state index < -0.39 is 0 Å². The smallest absolute Gasteiger partial charge is 0.255 e. The van der Waals surface area contributed by atoms with E-state index in [1.165, 1.54) is 0 Å². The lowest BCUT2D eigenvalue weighted by atomic mass is 10.1. The highest BCUT2D eigenvalue weighted by molar-refractivity contribution is 5.63. The number of benzene rings is 2. The molecule has 104 valence electrons. The van der Waals surface area contributed by atoms with Crippen LogP contribution in [-0.4, -0.2) is 11.7 Å². The number of rotatable bonds is 3. The first-order chi connectivity index (χ1) is 10.3. The lowest BCUT2D eigenvalue weighted by Gasteiger charge is -2.12. The van der Waals surface area contributed by atoms with Crippen LogP contribution in [-0.2, 0) is 0 Å². The first kappa shape index (κ1) is 13.2. The molecule has 0 aliphatic carbocycles. The molecule has 0 aliphatic heterocycles. The molecule has 0 spiro atoms. The molecule has 1 aromatic heterocycles. The van der Waals surface area contributed by atoms with Crippen LogP contribution in [0, 0.1) is 0 Å². The molecule has 21 heavy (non-hydrogen) atoms. The Morgan fingerprint density at radius 1 is 0.810 bits per heavy atom. The minimum absolute atomic E-state index is 0.0841. The van der Waals surface area contributed by atoms with Crippen LogP contribution in [0.3, 0.4) is 0 Å². The van der Waals surface area contributed by atoms with Gasteiger partial charge in [-0.25, -0.2) is 0 Å². The van der Waals surface area contributed by atoms with Crippen LogP contribution in [0.1, 0.15) is 0 Å². The summed E-state index contributed by atoms with van der Waals surface area (Å²) in [5.41, 5.74) is 2.71. The van der Waals surface area contributed by atoms with Gasteiger partial charge in [0.1, 0.15) is 5.75 Å². The van der Waals surface area contributed by atoms with E-state index in [1.54, 1.807) is 17.7 Å². The minimum atomic E-state index is -0.0841. The number of pyridine rings is 1. The number of hydrogen-bond donors (Lipinski definition) is 0. The van der Waals surface area contributed by atoms with Crippen molar-refractivity contribution >= 4 is 0 Å². The van der Waals surface area contributed by atoms with Crippen molar-refractivity contribution in [1.82, 2.24) is 4.57 Å². The Kier molecular flexibility index (Phi) is 3.56. The van der Waals surface area contributed by atoms with E-state index in [1.807, 2.05) is 66.9 Å². The first-order valence-corrected chi connectivity index (χ1v) is 6.71. The van der Waals surface area contributed by atoms with Gasteiger partial charge in [0.15, 0.2) is 0 Å². The normalized spacial score (nSPS) is 10.3. The molecule has 0 N–H and O–H groups in total. The predicted octanol–water partition coefficient (Wildman–Crippen LogP) is 3.51. The molecule has 3 aromatic rings. The van der Waals surface area contributed by atoms with Crippen molar-refractivity contribution in [3.63, 3.8) is 0 Å². The average Bonchev–Trinajstić information content (AvgIpc) is 2.56. The molecule has 0 fully saturated rings. The molecule has 0 unspecified atom stereocenters. The van der Waals surface area contributed by atoms with Gasteiger partial charge in [-0.05, 0) is 29.3 Å². The quantitative estimate of drug-likeness (QED) is 0.733. The SMILES string of the molecule is COc1ccccc1-n1cc(-c2ccccc2)ccc1=O. The fourth-order valence-corrected chi connectivity index (χ4v) is 2.31. The van der Waals surface area contributed by atoms with Gasteiger partial charge in [-0.15, -0.1) is 0 Å². The molecule has 3 rings (SSSR count). The number of nitrogens with zero attached hydrogens (tertiary/aromatic N) is 1. The molecule has 2 aromatic carbocycles. The van der Waals surface area contributed by atoms with Crippen molar-refractivity contribution in [3.05, 3.63) is 83.3 Å². The van der Waals surface area contributed by atoms with Gasteiger partial charge in [-0.3, -0.25) is 9.36 Å². The second-order valence-corrected chi connectivity index (χ2v) is 4.66. The van der Waals surface area contributed by atoms with Crippen molar-refractivity contribution in [3.8, 4) is 22.6 Å². The lowest BCUT2D eigenvalue weighted by Crippen LogP contribution is -2.17. The molecule has 3 nitrogen and oxygen atoms in total. The molecule has 0 bridgehead atoms. The monoisotopic (exact) mass is 277 g/mol. The topological polar surface area (TPSA) is 31.2 Å². The Labute approximate surface area is 123 Å². The molecule has 0 saturated heterocycles. The summed E-state index contributed by atoms with van der Waals surface area (Å²) in [6.45, 7) is 0. The van der Waals surface area contributed by atoms with Crippen molar-refractivity contribution in [1.29, 1.82) is 0 Å². The van der Waals surface area contributed by atoms with Crippen LogP contribution >= 0.6 is 0 Å². The van der Waals surface area contributed by atoms with Crippen LogP contribution in [0.2, 0.25) is 0 Å². The number of ether oxygens (including phenoxy) is 1. The van der Waals surface area contributed by atoms with Crippen LogP contribution in [0.5, 0.6) is 5.75 Å². The highest BCUT2D eigenvalue weighted by atomic mass is 16.5. The summed E-state index contributed by atoms with van der Waals surface area (Å²) in [6.07, 6.45) is 1.84. The number of aromatic nitrogens is 1. The van der Waals surface area contributed by atoms with Gasteiger partial charge in [-0.2, -0.15) is 0 Å². The maximum absolute atomic E-state index is 12.2. The van der Waals surface area contributed by atoms with E-state index in [9.17, 15) is 4.79 Å². The highest BCUT2D eigenvalue weighted by Crippen LogP contribution is 2.23. The van der Waals surface area contributed by atoms with Crippen molar-refractivity contribution in [2.75, 3.05) is 7.11 Å². The van der Waals surface area contributed by atoms with E-state index in [2.05, 4.69) is 0 Å². The fourth-order valence-electron chi connectivity index (χ4n) is 2.31. The van der Waals surface area contributed by atoms with Crippen LogP contribution in [0.4, 0.5) is 0 Å². The molecular formula is C18H15NO2. The summed E-state index contributed by atoms with van der Waals surface area (Å²) >= 11 is 0. The average molecular weight is 277 g/mol. The molecule has 0 atom stereocenters. The van der Waals surface area contributed by atoms with Gasteiger partial charge < -0.3 is 4.74 Å². The Morgan fingerprint density at radius 2 is 1.52 bits per heavy atom. The summed E-state index contributed by atoms with van der Waals surface area (Å²) in [5.74, 6) is 0.671. The van der Waals surface area contributed by atoms with Gasteiger partial charge in [0.2, 0.25) is 0 Å². The Morgan fingerprint density at radius 3 is 2.29 bits per heavy atom. The van der Waals surface area contributed by atoms with Crippen LogP contribution < -0.4 is 10.3 Å². The van der Waals surface area contributed by atoms with Gasteiger partial charge in [0.25, 0.3) is 5.56 Å². The third-order valence-corrected chi connectivity index (χ3v) is 3.36. The number of para-hydroxylation sites is 2. The first-order valence-electron chi connectivity index (χ1n) is 6.71. The zero-order chi connectivity index (χ0) is 14.7. The molecule has 3 heteroatoms. The molecule has 1 heterocycles. The maximum Gasteiger partial charge on any atom is 0.255 e. The summed E-state index contributed by atoms with van der Waals surface area (Å²) in [6, 6.07) is 20.9. The molecular weight excluding hydrogens is 262 g/mol. The maximum atomic E-state index is 12.2. The van der Waals surface area contributed by atoms with E-state index in [4.69, 9.17) is 4.74 Å². The Balaban J connectivity index is 2.17. The summed E-state index contributed by atoms with van der Waals surface area (Å²) < 4.78 is 6.95. The number of methoxy groups -OCH3 is 1. The zero-order valence-electron chi connectivity index (χ0n) is 11.7. The van der Waals surface area contributed by atoms with E-state index in [-0.39, 0.29) is 5.56 Å². The predicted molar refractivity (Wildman–Crippen MR) is 84.0 cm³/mol. The Bertz CT molecular complexity index is 807. The van der Waals surface area contributed by atoms with Gasteiger partial charge in [0.05, 0.1) is 12.8 Å². The van der Waals surface area contributed by atoms with Crippen LogP contribution in [0.25, 0.3) is 16.8 Å². The van der Waals surface area contributed by atoms with Crippen molar-refractivity contribution < 1.29 is 4.74 Å². The summed E-state index contributed by atoms with van der Waals surface area (Å²) in [7, 11) is 1.60. The van der Waals surface area contributed by atoms with E-state index in [0.29, 0.717) is 5.75 Å². The van der Waals surface area contributed by atoms with Gasteiger partial charge in [0, 0.05) is 12.3 Å². The second-order valence-electron chi connectivity index (χ2n) is 4.66. The van der Waals surface area contributed by atoms with Crippen LogP contribution in [0.15, 0.2) is 77.7 Å². The van der Waals surface area contributed by atoms with Gasteiger partial charge in [-0.1, -0.05) is 42.5 Å². The number of hydrogen-bond acceptors (Lipinski definition) is 2. The summed E-state index contributed by atoms with van der Waals surface area (Å²) in [5, 5.41) is 0. The van der Waals surface area contributed by atoms with Gasteiger partial charge >= 0.3 is 0 Å². The van der Waals surface area contributed by atoms with Crippen molar-refractivity contribution in [2.24, 2.45) is 0 Å². The third kappa shape index (κ3) is 2.58. The van der Waals surface area contributed by atoms with E-state index in [0.717, 1.165) is 16.8 Å². The fraction of sp³-hybridized carbons (Fsp3) is 0.0556. The molecule has 0 saturated carbocycles. The minimum Gasteiger partial charge on any atom is -0.495 e. The third-order valence-electron chi connectivity index (χ3n) is 3.36. The standard InChI is InChI=1S/C18H15NO2/c1-21-17-10-6-5-9-16(17)19-13-15(11-12-18(19)20)14-7-3-2-4-8-14/h2-13H,1H3. The second kappa shape index (κ2) is 5.67. The van der Waals surface area contributed by atoms with E-state index >= 15 is 0 Å². The molecule has 0 amide bonds. The lowest BCUT2D eigenvalue weighted by molar-refractivity contribution is 0.412. The van der Waals surface area contributed by atoms with Crippen molar-refractivity contribution in [2.45, 2.75) is 0 Å². The molecule has 0 radical (unpaired) electrons. The largest absolute Gasteiger partial charge is 0.495 e. The Hall–Kier alpha value is -2.81. The zero-order valence-corrected chi connectivity index (χ0v) is 11.7.